The van der Waals surface area contributed by atoms with Gasteiger partial charge in [0.1, 0.15) is 11.3 Å². The summed E-state index contributed by atoms with van der Waals surface area (Å²) < 4.78 is 3.65. The van der Waals surface area contributed by atoms with Crippen molar-refractivity contribution in [2.45, 2.75) is 39.2 Å². The first-order valence-electron chi connectivity index (χ1n) is 7.13. The van der Waals surface area contributed by atoms with Gasteiger partial charge in [0, 0.05) is 6.42 Å². The van der Waals surface area contributed by atoms with Gasteiger partial charge in [-0.15, -0.1) is 0 Å². The molecule has 1 aliphatic rings. The molecule has 4 heteroatoms. The van der Waals surface area contributed by atoms with Gasteiger partial charge >= 0.3 is 5.56 Å². The van der Waals surface area contributed by atoms with Gasteiger partial charge in [-0.2, -0.15) is 9.13 Å². The number of para-hydroxylation sites is 1. The Balaban J connectivity index is 2.34. The Labute approximate surface area is 117 Å². The van der Waals surface area contributed by atoms with Crippen molar-refractivity contribution < 1.29 is 9.67 Å². The lowest BCUT2D eigenvalue weighted by atomic mass is 10.2. The fourth-order valence-electron chi connectivity index (χ4n) is 2.88. The maximum Gasteiger partial charge on any atom is 0.349 e. The van der Waals surface area contributed by atoms with Crippen LogP contribution in [0.25, 0.3) is 5.69 Å². The van der Waals surface area contributed by atoms with Crippen molar-refractivity contribution in [3.05, 3.63) is 52.1 Å². The van der Waals surface area contributed by atoms with E-state index in [1.807, 2.05) is 34.9 Å². The largest absolute Gasteiger partial charge is 0.477 e. The van der Waals surface area contributed by atoms with Gasteiger partial charge in [-0.05, 0) is 38.3 Å². The molecule has 0 bridgehead atoms. The van der Waals surface area contributed by atoms with E-state index in [1.165, 1.54) is 0 Å². The smallest absolute Gasteiger partial charge is 0.349 e. The summed E-state index contributed by atoms with van der Waals surface area (Å²) in [5.41, 5.74) is 1.16. The molecule has 104 valence electrons. The molecule has 0 atom stereocenters. The van der Waals surface area contributed by atoms with Crippen LogP contribution in [0.4, 0.5) is 0 Å². The molecule has 2 aromatic rings. The number of benzene rings is 1. The van der Waals surface area contributed by atoms with Gasteiger partial charge in [0.15, 0.2) is 0 Å². The van der Waals surface area contributed by atoms with Crippen LogP contribution >= 0.6 is 0 Å². The van der Waals surface area contributed by atoms with E-state index in [4.69, 9.17) is 0 Å². The number of hydrogen-bond donors (Lipinski definition) is 1. The third-order valence-electron chi connectivity index (χ3n) is 3.98. The third kappa shape index (κ3) is 2.01. The number of hydrogen-bond acceptors (Lipinski definition) is 2. The lowest BCUT2D eigenvalue weighted by Gasteiger charge is -2.11. The Morgan fingerprint density at radius 3 is 2.65 bits per heavy atom. The Bertz CT molecular complexity index is 690. The number of rotatable bonds is 1. The number of aromatic hydroxyl groups is 1. The van der Waals surface area contributed by atoms with E-state index in [2.05, 4.69) is 0 Å². The lowest BCUT2D eigenvalue weighted by Crippen LogP contribution is -2.46. The lowest BCUT2D eigenvalue weighted by molar-refractivity contribution is -0.712. The molecule has 20 heavy (non-hydrogen) atoms. The van der Waals surface area contributed by atoms with Crippen LogP contribution in [-0.2, 0) is 13.0 Å². The highest BCUT2D eigenvalue weighted by Gasteiger charge is 2.28. The van der Waals surface area contributed by atoms with Crippen molar-refractivity contribution >= 4 is 0 Å². The molecule has 1 aliphatic heterocycles. The molecule has 0 saturated carbocycles. The van der Waals surface area contributed by atoms with E-state index >= 15 is 0 Å². The van der Waals surface area contributed by atoms with Gasteiger partial charge < -0.3 is 5.11 Å². The van der Waals surface area contributed by atoms with Crippen LogP contribution in [-0.4, -0.2) is 9.67 Å². The zero-order valence-corrected chi connectivity index (χ0v) is 11.7. The normalized spacial score (nSPS) is 14.7. The predicted molar refractivity (Wildman–Crippen MR) is 76.2 cm³/mol. The maximum absolute atomic E-state index is 12.6. The van der Waals surface area contributed by atoms with Gasteiger partial charge in [0.25, 0.3) is 11.7 Å². The summed E-state index contributed by atoms with van der Waals surface area (Å²) >= 11 is 0. The minimum Gasteiger partial charge on any atom is -0.477 e. The standard InChI is InChI=1S/C16H18N2O2/c1-12-15(19)17-11-7-3-6-10-14(17)18(16(12)20)13-8-4-2-5-9-13/h2,4-5,8-9H,3,6-7,10-11H2,1H3/p+1. The van der Waals surface area contributed by atoms with Gasteiger partial charge in [0.05, 0.1) is 6.54 Å². The summed E-state index contributed by atoms with van der Waals surface area (Å²) in [6, 6.07) is 9.66. The van der Waals surface area contributed by atoms with E-state index < -0.39 is 0 Å². The van der Waals surface area contributed by atoms with E-state index in [9.17, 15) is 9.90 Å². The fraction of sp³-hybridized carbons (Fsp3) is 0.375. The molecule has 1 N–H and O–H groups in total. The first-order valence-corrected chi connectivity index (χ1v) is 7.13. The highest BCUT2D eigenvalue weighted by molar-refractivity contribution is 5.34. The molecule has 0 radical (unpaired) electrons. The SMILES string of the molecule is Cc1c(O)[n+]2c(n(-c3ccccc3)c1=O)CCCCC2. The average molecular weight is 271 g/mol. The molecule has 3 rings (SSSR count). The number of nitrogens with zero attached hydrogens (tertiary/aromatic N) is 2. The molecule has 4 nitrogen and oxygen atoms in total. The number of fused-ring (bicyclic) bond motifs is 1. The van der Waals surface area contributed by atoms with Crippen LogP contribution in [0.2, 0.25) is 0 Å². The summed E-state index contributed by atoms with van der Waals surface area (Å²) in [6.07, 6.45) is 4.04. The predicted octanol–water partition coefficient (Wildman–Crippen LogP) is 1.87. The fourth-order valence-corrected chi connectivity index (χ4v) is 2.88. The van der Waals surface area contributed by atoms with Gasteiger partial charge in [-0.25, -0.2) is 4.79 Å². The highest BCUT2D eigenvalue weighted by Crippen LogP contribution is 2.17. The molecular weight excluding hydrogens is 252 g/mol. The zero-order valence-electron chi connectivity index (χ0n) is 11.7. The monoisotopic (exact) mass is 271 g/mol. The molecule has 0 fully saturated rings. The van der Waals surface area contributed by atoms with E-state index in [1.54, 1.807) is 11.5 Å². The van der Waals surface area contributed by atoms with Crippen LogP contribution < -0.4 is 10.1 Å². The van der Waals surface area contributed by atoms with Crippen molar-refractivity contribution in [2.75, 3.05) is 0 Å². The molecule has 0 amide bonds. The highest BCUT2D eigenvalue weighted by atomic mass is 16.3. The van der Waals surface area contributed by atoms with Crippen LogP contribution in [0.5, 0.6) is 5.88 Å². The number of aromatic nitrogens is 2. The topological polar surface area (TPSA) is 46.1 Å². The molecule has 1 aromatic carbocycles. The Morgan fingerprint density at radius 2 is 1.90 bits per heavy atom. The second-order valence-electron chi connectivity index (χ2n) is 5.30. The van der Waals surface area contributed by atoms with Crippen LogP contribution in [0.15, 0.2) is 35.1 Å². The van der Waals surface area contributed by atoms with Crippen molar-refractivity contribution in [3.8, 4) is 11.6 Å². The van der Waals surface area contributed by atoms with Crippen molar-refractivity contribution in [1.82, 2.24) is 4.57 Å². The molecular formula is C16H19N2O2+. The van der Waals surface area contributed by atoms with Crippen molar-refractivity contribution in [1.29, 1.82) is 0 Å². The minimum atomic E-state index is -0.123. The molecule has 0 saturated heterocycles. The first kappa shape index (κ1) is 12.9. The van der Waals surface area contributed by atoms with Crippen LogP contribution in [0.1, 0.15) is 30.7 Å². The summed E-state index contributed by atoms with van der Waals surface area (Å²) in [4.78, 5) is 12.6. The summed E-state index contributed by atoms with van der Waals surface area (Å²) in [6.45, 7) is 2.46. The Hall–Kier alpha value is -2.10. The second kappa shape index (κ2) is 5.12. The quantitative estimate of drug-likeness (QED) is 0.805. The van der Waals surface area contributed by atoms with E-state index in [-0.39, 0.29) is 11.4 Å². The van der Waals surface area contributed by atoms with Gasteiger partial charge in [-0.3, -0.25) is 0 Å². The molecule has 0 unspecified atom stereocenters. The summed E-state index contributed by atoms with van der Waals surface area (Å²) in [5, 5.41) is 10.3. The van der Waals surface area contributed by atoms with Gasteiger partial charge in [0.2, 0.25) is 0 Å². The van der Waals surface area contributed by atoms with E-state index in [0.717, 1.165) is 43.7 Å². The van der Waals surface area contributed by atoms with Crippen LogP contribution in [0.3, 0.4) is 0 Å². The summed E-state index contributed by atoms with van der Waals surface area (Å²) in [5.74, 6) is 1.03. The van der Waals surface area contributed by atoms with Crippen molar-refractivity contribution in [2.24, 2.45) is 0 Å². The molecule has 2 heterocycles. The zero-order chi connectivity index (χ0) is 14.1. The molecule has 0 spiro atoms. The molecule has 0 aliphatic carbocycles. The summed E-state index contributed by atoms with van der Waals surface area (Å²) in [7, 11) is 0. The Kier molecular flexibility index (Phi) is 3.30. The minimum absolute atomic E-state index is 0.123. The average Bonchev–Trinajstić information content (AvgIpc) is 2.72. The first-order chi connectivity index (χ1) is 9.70. The second-order valence-corrected chi connectivity index (χ2v) is 5.30. The Morgan fingerprint density at radius 1 is 1.15 bits per heavy atom. The van der Waals surface area contributed by atoms with E-state index in [0.29, 0.717) is 5.56 Å². The van der Waals surface area contributed by atoms with Gasteiger partial charge in [-0.1, -0.05) is 18.2 Å². The maximum atomic E-state index is 12.6. The van der Waals surface area contributed by atoms with Crippen LogP contribution in [0, 0.1) is 6.92 Å². The third-order valence-corrected chi connectivity index (χ3v) is 3.98. The van der Waals surface area contributed by atoms with Crippen molar-refractivity contribution in [3.63, 3.8) is 0 Å². The molecule has 1 aromatic heterocycles.